The third-order valence-corrected chi connectivity index (χ3v) is 4.32. The highest BCUT2D eigenvalue weighted by molar-refractivity contribution is 5.79. The molecule has 1 N–H and O–H groups in total. The quantitative estimate of drug-likeness (QED) is 0.455. The zero-order valence-corrected chi connectivity index (χ0v) is 15.5. The van der Waals surface area contributed by atoms with Crippen LogP contribution in [0.25, 0.3) is 0 Å². The Kier molecular flexibility index (Phi) is 6.48. The van der Waals surface area contributed by atoms with Crippen LogP contribution in [0.15, 0.2) is 11.2 Å². The normalized spacial score (nSPS) is 15.3. The lowest BCUT2D eigenvalue weighted by Gasteiger charge is -2.22. The highest BCUT2D eigenvalue weighted by atomic mass is 15.3. The molecule has 23 heavy (non-hydrogen) atoms. The molecular weight excluding hydrogens is 286 g/mol. The van der Waals surface area contributed by atoms with E-state index in [0.29, 0.717) is 5.92 Å². The van der Waals surface area contributed by atoms with Crippen molar-refractivity contribution in [2.45, 2.75) is 58.9 Å². The van der Waals surface area contributed by atoms with Crippen LogP contribution in [0, 0.1) is 5.92 Å². The first-order valence-corrected chi connectivity index (χ1v) is 9.03. The number of hydrogen-bond donors (Lipinski definition) is 1. The molecule has 0 amide bonds. The number of guanidine groups is 1. The van der Waals surface area contributed by atoms with Crippen molar-refractivity contribution < 1.29 is 0 Å². The molecule has 0 unspecified atom stereocenters. The van der Waals surface area contributed by atoms with E-state index in [1.165, 1.54) is 36.9 Å². The van der Waals surface area contributed by atoms with E-state index in [4.69, 9.17) is 4.99 Å². The molecule has 0 atom stereocenters. The molecule has 0 saturated heterocycles. The zero-order valence-electron chi connectivity index (χ0n) is 15.5. The predicted octanol–water partition coefficient (Wildman–Crippen LogP) is 3.13. The molecule has 1 aliphatic rings. The molecule has 0 bridgehead atoms. The van der Waals surface area contributed by atoms with E-state index in [1.54, 1.807) is 0 Å². The van der Waals surface area contributed by atoms with Crippen LogP contribution < -0.4 is 5.32 Å². The predicted molar refractivity (Wildman–Crippen MR) is 96.7 cm³/mol. The molecule has 0 aliphatic heterocycles. The van der Waals surface area contributed by atoms with E-state index in [0.717, 1.165) is 31.5 Å². The number of aryl methyl sites for hydroxylation is 1. The summed E-state index contributed by atoms with van der Waals surface area (Å²) in [7, 11) is 4.10. The van der Waals surface area contributed by atoms with Gasteiger partial charge in [0.05, 0.1) is 5.69 Å². The second-order valence-corrected chi connectivity index (χ2v) is 7.05. The Labute approximate surface area is 141 Å². The van der Waals surface area contributed by atoms with Crippen molar-refractivity contribution in [3.63, 3.8) is 0 Å². The minimum Gasteiger partial charge on any atom is -0.357 e. The molecule has 1 aliphatic carbocycles. The summed E-state index contributed by atoms with van der Waals surface area (Å²) < 4.78 is 1.91. The first-order valence-electron chi connectivity index (χ1n) is 9.03. The van der Waals surface area contributed by atoms with E-state index in [9.17, 15) is 0 Å². The topological polar surface area (TPSA) is 45.5 Å². The Bertz CT molecular complexity index is 513. The summed E-state index contributed by atoms with van der Waals surface area (Å²) >= 11 is 0. The largest absolute Gasteiger partial charge is 0.357 e. The standard InChI is InChI=1S/C18H33N5/c1-6-19-18(20-11-7-8-15-9-10-15)22(4)12-16-13-23(5)21-17(16)14(2)3/h13-15H,6-12H2,1-5H3,(H,19,20). The summed E-state index contributed by atoms with van der Waals surface area (Å²) in [6.07, 6.45) is 7.54. The highest BCUT2D eigenvalue weighted by Gasteiger charge is 2.20. The van der Waals surface area contributed by atoms with E-state index in [1.807, 2.05) is 11.7 Å². The Hall–Kier alpha value is -1.52. The Balaban J connectivity index is 1.96. The van der Waals surface area contributed by atoms with E-state index in [2.05, 4.69) is 49.3 Å². The molecule has 5 nitrogen and oxygen atoms in total. The van der Waals surface area contributed by atoms with Crippen LogP contribution in [-0.2, 0) is 13.6 Å². The van der Waals surface area contributed by atoms with Gasteiger partial charge in [-0.1, -0.05) is 26.7 Å². The molecule has 130 valence electrons. The maximum absolute atomic E-state index is 4.79. The lowest BCUT2D eigenvalue weighted by Crippen LogP contribution is -2.38. The third-order valence-electron chi connectivity index (χ3n) is 4.32. The minimum absolute atomic E-state index is 0.442. The molecule has 1 aromatic heterocycles. The van der Waals surface area contributed by atoms with Gasteiger partial charge in [-0.2, -0.15) is 5.10 Å². The maximum Gasteiger partial charge on any atom is 0.193 e. The lowest BCUT2D eigenvalue weighted by molar-refractivity contribution is 0.472. The Morgan fingerprint density at radius 3 is 2.83 bits per heavy atom. The highest BCUT2D eigenvalue weighted by Crippen LogP contribution is 2.33. The van der Waals surface area contributed by atoms with Crippen molar-refractivity contribution in [3.05, 3.63) is 17.5 Å². The SMILES string of the molecule is CCNC(=NCCCC1CC1)N(C)Cc1cn(C)nc1C(C)C. The molecule has 1 heterocycles. The second-order valence-electron chi connectivity index (χ2n) is 7.05. The fourth-order valence-corrected chi connectivity index (χ4v) is 2.93. The van der Waals surface area contributed by atoms with E-state index < -0.39 is 0 Å². The lowest BCUT2D eigenvalue weighted by atomic mass is 10.1. The molecule has 5 heteroatoms. The Morgan fingerprint density at radius 1 is 1.48 bits per heavy atom. The minimum atomic E-state index is 0.442. The van der Waals surface area contributed by atoms with Crippen LogP contribution in [0.5, 0.6) is 0 Å². The zero-order chi connectivity index (χ0) is 16.8. The van der Waals surface area contributed by atoms with Crippen LogP contribution in [0.1, 0.15) is 63.6 Å². The summed E-state index contributed by atoms with van der Waals surface area (Å²) in [6.45, 7) is 9.18. The number of hydrogen-bond acceptors (Lipinski definition) is 2. The molecule has 0 spiro atoms. The summed E-state index contributed by atoms with van der Waals surface area (Å²) in [5, 5.41) is 8.01. The van der Waals surface area contributed by atoms with Gasteiger partial charge in [-0.25, -0.2) is 0 Å². The Morgan fingerprint density at radius 2 is 2.22 bits per heavy atom. The molecule has 0 radical (unpaired) electrons. The molecule has 1 aromatic rings. The van der Waals surface area contributed by atoms with Gasteiger partial charge in [-0.15, -0.1) is 0 Å². The van der Waals surface area contributed by atoms with Crippen LogP contribution in [0.3, 0.4) is 0 Å². The van der Waals surface area contributed by atoms with Gasteiger partial charge in [-0.05, 0) is 31.6 Å². The van der Waals surface area contributed by atoms with Crippen molar-refractivity contribution >= 4 is 5.96 Å². The fraction of sp³-hybridized carbons (Fsp3) is 0.778. The van der Waals surface area contributed by atoms with Crippen molar-refractivity contribution in [1.82, 2.24) is 20.0 Å². The number of aliphatic imine (C=N–C) groups is 1. The molecule has 1 saturated carbocycles. The first kappa shape index (κ1) is 17.8. The van der Waals surface area contributed by atoms with Crippen molar-refractivity contribution in [1.29, 1.82) is 0 Å². The maximum atomic E-state index is 4.79. The van der Waals surface area contributed by atoms with Gasteiger partial charge >= 0.3 is 0 Å². The fourth-order valence-electron chi connectivity index (χ4n) is 2.93. The van der Waals surface area contributed by atoms with Crippen molar-refractivity contribution in [3.8, 4) is 0 Å². The molecule has 0 aromatic carbocycles. The average molecular weight is 319 g/mol. The van der Waals surface area contributed by atoms with Gasteiger partial charge < -0.3 is 10.2 Å². The van der Waals surface area contributed by atoms with Gasteiger partial charge in [0.2, 0.25) is 0 Å². The summed E-state index contributed by atoms with van der Waals surface area (Å²) in [6, 6.07) is 0. The third kappa shape index (κ3) is 5.56. The number of aromatic nitrogens is 2. The van der Waals surface area contributed by atoms with Crippen LogP contribution in [-0.4, -0.2) is 40.8 Å². The first-order chi connectivity index (χ1) is 11.0. The van der Waals surface area contributed by atoms with Gasteiger partial charge in [0.15, 0.2) is 5.96 Å². The number of rotatable bonds is 8. The van der Waals surface area contributed by atoms with Crippen molar-refractivity contribution in [2.75, 3.05) is 20.1 Å². The van der Waals surface area contributed by atoms with Gasteiger partial charge in [0.1, 0.15) is 0 Å². The van der Waals surface area contributed by atoms with Gasteiger partial charge in [0, 0.05) is 45.5 Å². The summed E-state index contributed by atoms with van der Waals surface area (Å²) in [5.74, 6) is 2.44. The van der Waals surface area contributed by atoms with Crippen LogP contribution in [0.4, 0.5) is 0 Å². The average Bonchev–Trinajstić information content (AvgIpc) is 3.24. The van der Waals surface area contributed by atoms with Crippen molar-refractivity contribution in [2.24, 2.45) is 18.0 Å². The monoisotopic (exact) mass is 319 g/mol. The van der Waals surface area contributed by atoms with Gasteiger partial charge in [0.25, 0.3) is 0 Å². The van der Waals surface area contributed by atoms with E-state index in [-0.39, 0.29) is 0 Å². The van der Waals surface area contributed by atoms with E-state index >= 15 is 0 Å². The molecular formula is C18H33N5. The smallest absolute Gasteiger partial charge is 0.193 e. The van der Waals surface area contributed by atoms with Gasteiger partial charge in [-0.3, -0.25) is 9.67 Å². The molecule has 2 rings (SSSR count). The van der Waals surface area contributed by atoms with Crippen LogP contribution in [0.2, 0.25) is 0 Å². The molecule has 1 fully saturated rings. The number of nitrogens with one attached hydrogen (secondary N) is 1. The number of nitrogens with zero attached hydrogens (tertiary/aromatic N) is 4. The summed E-state index contributed by atoms with van der Waals surface area (Å²) in [5.41, 5.74) is 2.47. The van der Waals surface area contributed by atoms with Crippen LogP contribution >= 0.6 is 0 Å². The summed E-state index contributed by atoms with van der Waals surface area (Å²) in [4.78, 5) is 7.01. The second kappa shape index (κ2) is 8.37.